The van der Waals surface area contributed by atoms with Crippen LogP contribution in [0.5, 0.6) is 0 Å². The molecule has 20 heavy (non-hydrogen) atoms. The molecule has 1 aromatic rings. The molecule has 3 heterocycles. The van der Waals surface area contributed by atoms with E-state index in [1.807, 2.05) is 4.68 Å². The van der Waals surface area contributed by atoms with E-state index in [0.717, 1.165) is 50.4 Å². The summed E-state index contributed by atoms with van der Waals surface area (Å²) in [5.74, 6) is 1.93. The molecular weight excluding hydrogens is 254 g/mol. The molecule has 0 spiro atoms. The molecule has 1 saturated heterocycles. The molecule has 6 heteroatoms. The molecule has 0 aliphatic carbocycles. The number of hydrogen-bond acceptors (Lipinski definition) is 4. The van der Waals surface area contributed by atoms with E-state index in [4.69, 9.17) is 0 Å². The van der Waals surface area contributed by atoms with Crippen molar-refractivity contribution in [2.45, 2.75) is 64.1 Å². The highest BCUT2D eigenvalue weighted by Gasteiger charge is 2.26. The summed E-state index contributed by atoms with van der Waals surface area (Å²) in [6, 6.07) is 0.383. The molecule has 0 saturated carbocycles. The second-order valence-corrected chi connectivity index (χ2v) is 5.72. The van der Waals surface area contributed by atoms with Crippen molar-refractivity contribution in [2.75, 3.05) is 6.54 Å². The fourth-order valence-corrected chi connectivity index (χ4v) is 3.09. The second-order valence-electron chi connectivity index (χ2n) is 5.72. The van der Waals surface area contributed by atoms with Crippen LogP contribution in [0.25, 0.3) is 0 Å². The van der Waals surface area contributed by atoms with Gasteiger partial charge in [0.2, 0.25) is 5.91 Å². The van der Waals surface area contributed by atoms with Gasteiger partial charge >= 0.3 is 0 Å². The van der Waals surface area contributed by atoms with Crippen LogP contribution < -0.4 is 10.6 Å². The Morgan fingerprint density at radius 1 is 1.45 bits per heavy atom. The molecule has 110 valence electrons. The zero-order valence-corrected chi connectivity index (χ0v) is 12.1. The number of nitrogens with one attached hydrogen (secondary N) is 2. The molecule has 3 rings (SSSR count). The summed E-state index contributed by atoms with van der Waals surface area (Å²) in [6.45, 7) is 4.01. The summed E-state index contributed by atoms with van der Waals surface area (Å²) in [6.07, 6.45) is 5.71. The van der Waals surface area contributed by atoms with E-state index < -0.39 is 0 Å². The summed E-state index contributed by atoms with van der Waals surface area (Å²) in [5, 5.41) is 11.0. The Balaban J connectivity index is 1.63. The Bertz CT molecular complexity index is 478. The van der Waals surface area contributed by atoms with Crippen molar-refractivity contribution in [3.05, 3.63) is 11.6 Å². The third-order valence-corrected chi connectivity index (χ3v) is 4.16. The van der Waals surface area contributed by atoms with E-state index in [2.05, 4.69) is 27.6 Å². The summed E-state index contributed by atoms with van der Waals surface area (Å²) in [4.78, 5) is 16.7. The molecule has 2 aliphatic rings. The summed E-state index contributed by atoms with van der Waals surface area (Å²) in [7, 11) is 0. The Kier molecular flexibility index (Phi) is 4.00. The highest BCUT2D eigenvalue weighted by molar-refractivity contribution is 5.77. The molecule has 2 atom stereocenters. The number of aromatic nitrogens is 3. The van der Waals surface area contributed by atoms with Crippen LogP contribution in [0.3, 0.4) is 0 Å². The molecule has 1 fully saturated rings. The van der Waals surface area contributed by atoms with Gasteiger partial charge in [0.15, 0.2) is 5.82 Å². The molecule has 2 aliphatic heterocycles. The molecule has 0 bridgehead atoms. The van der Waals surface area contributed by atoms with Gasteiger partial charge in [-0.3, -0.25) is 4.79 Å². The van der Waals surface area contributed by atoms with Crippen molar-refractivity contribution in [3.8, 4) is 0 Å². The van der Waals surface area contributed by atoms with Gasteiger partial charge in [0.1, 0.15) is 5.82 Å². The third-order valence-electron chi connectivity index (χ3n) is 4.16. The van der Waals surface area contributed by atoms with Crippen molar-refractivity contribution < 1.29 is 4.79 Å². The van der Waals surface area contributed by atoms with E-state index in [9.17, 15) is 4.79 Å². The smallest absolute Gasteiger partial charge is 0.222 e. The molecule has 0 radical (unpaired) electrons. The maximum Gasteiger partial charge on any atom is 0.222 e. The van der Waals surface area contributed by atoms with E-state index in [0.29, 0.717) is 12.5 Å². The lowest BCUT2D eigenvalue weighted by atomic mass is 10.1. The van der Waals surface area contributed by atoms with Crippen LogP contribution in [0.2, 0.25) is 0 Å². The van der Waals surface area contributed by atoms with Gasteiger partial charge in [0.25, 0.3) is 0 Å². The Morgan fingerprint density at radius 2 is 2.35 bits per heavy atom. The SMILES string of the molecule is CCc1nc2n(n1)CCCC2NC(=O)CC1CCCN1. The van der Waals surface area contributed by atoms with Gasteiger partial charge in [-0.05, 0) is 32.2 Å². The first-order valence-corrected chi connectivity index (χ1v) is 7.72. The molecule has 0 aromatic carbocycles. The Labute approximate surface area is 119 Å². The predicted molar refractivity (Wildman–Crippen MR) is 75.2 cm³/mol. The number of rotatable bonds is 4. The predicted octanol–water partition coefficient (Wildman–Crippen LogP) is 0.934. The average molecular weight is 277 g/mol. The lowest BCUT2D eigenvalue weighted by Crippen LogP contribution is -2.36. The molecule has 1 amide bonds. The summed E-state index contributed by atoms with van der Waals surface area (Å²) >= 11 is 0. The van der Waals surface area contributed by atoms with E-state index >= 15 is 0 Å². The maximum absolute atomic E-state index is 12.1. The maximum atomic E-state index is 12.1. The largest absolute Gasteiger partial charge is 0.346 e. The number of carbonyl (C=O) groups excluding carboxylic acids is 1. The molecule has 2 N–H and O–H groups in total. The fourth-order valence-electron chi connectivity index (χ4n) is 3.09. The highest BCUT2D eigenvalue weighted by atomic mass is 16.1. The first-order chi connectivity index (χ1) is 9.76. The van der Waals surface area contributed by atoms with Gasteiger partial charge in [-0.2, -0.15) is 5.10 Å². The zero-order valence-electron chi connectivity index (χ0n) is 12.1. The first-order valence-electron chi connectivity index (χ1n) is 7.72. The number of aryl methyl sites for hydroxylation is 2. The van der Waals surface area contributed by atoms with Gasteiger partial charge in [0.05, 0.1) is 6.04 Å². The van der Waals surface area contributed by atoms with E-state index in [-0.39, 0.29) is 11.9 Å². The van der Waals surface area contributed by atoms with Crippen molar-refractivity contribution in [1.82, 2.24) is 25.4 Å². The van der Waals surface area contributed by atoms with Crippen LogP contribution >= 0.6 is 0 Å². The van der Waals surface area contributed by atoms with Crippen LogP contribution in [0.1, 0.15) is 56.7 Å². The molecule has 2 unspecified atom stereocenters. The normalized spacial score (nSPS) is 25.4. The van der Waals surface area contributed by atoms with Crippen LogP contribution in [0, 0.1) is 0 Å². The van der Waals surface area contributed by atoms with E-state index in [1.165, 1.54) is 6.42 Å². The number of carbonyl (C=O) groups is 1. The van der Waals surface area contributed by atoms with E-state index in [1.54, 1.807) is 0 Å². The van der Waals surface area contributed by atoms with Crippen LogP contribution in [-0.2, 0) is 17.8 Å². The van der Waals surface area contributed by atoms with Crippen LogP contribution in [0.4, 0.5) is 0 Å². The number of amides is 1. The Morgan fingerprint density at radius 3 is 3.10 bits per heavy atom. The van der Waals surface area contributed by atoms with Gasteiger partial charge in [0, 0.05) is 25.4 Å². The van der Waals surface area contributed by atoms with Crippen molar-refractivity contribution in [3.63, 3.8) is 0 Å². The van der Waals surface area contributed by atoms with Crippen molar-refractivity contribution in [1.29, 1.82) is 0 Å². The number of nitrogens with zero attached hydrogens (tertiary/aromatic N) is 3. The monoisotopic (exact) mass is 277 g/mol. The number of hydrogen-bond donors (Lipinski definition) is 2. The standard InChI is InChI=1S/C14H23N5O/c1-2-12-17-14-11(6-4-8-19(14)18-12)16-13(20)9-10-5-3-7-15-10/h10-11,15H,2-9H2,1H3,(H,16,20). The molecular formula is C14H23N5O. The molecule has 6 nitrogen and oxygen atoms in total. The average Bonchev–Trinajstić information content (AvgIpc) is 3.07. The number of fused-ring (bicyclic) bond motifs is 1. The lowest BCUT2D eigenvalue weighted by Gasteiger charge is -2.23. The van der Waals surface area contributed by atoms with Crippen LogP contribution in [0.15, 0.2) is 0 Å². The van der Waals surface area contributed by atoms with Gasteiger partial charge in [-0.25, -0.2) is 9.67 Å². The van der Waals surface area contributed by atoms with Crippen molar-refractivity contribution >= 4 is 5.91 Å². The summed E-state index contributed by atoms with van der Waals surface area (Å²) < 4.78 is 1.96. The van der Waals surface area contributed by atoms with Gasteiger partial charge in [-0.15, -0.1) is 0 Å². The van der Waals surface area contributed by atoms with Crippen molar-refractivity contribution in [2.24, 2.45) is 0 Å². The lowest BCUT2D eigenvalue weighted by molar-refractivity contribution is -0.122. The summed E-state index contributed by atoms with van der Waals surface area (Å²) in [5.41, 5.74) is 0. The van der Waals surface area contributed by atoms with Gasteiger partial charge in [-0.1, -0.05) is 6.92 Å². The highest BCUT2D eigenvalue weighted by Crippen LogP contribution is 2.23. The zero-order chi connectivity index (χ0) is 13.9. The van der Waals surface area contributed by atoms with Gasteiger partial charge < -0.3 is 10.6 Å². The minimum Gasteiger partial charge on any atom is -0.346 e. The Hall–Kier alpha value is -1.43. The fraction of sp³-hybridized carbons (Fsp3) is 0.786. The van der Waals surface area contributed by atoms with Crippen LogP contribution in [-0.4, -0.2) is 33.3 Å². The second kappa shape index (κ2) is 5.91. The molecule has 1 aromatic heterocycles. The topological polar surface area (TPSA) is 71.8 Å². The quantitative estimate of drug-likeness (QED) is 0.859. The minimum atomic E-state index is 0.0328. The minimum absolute atomic E-state index is 0.0328. The first kappa shape index (κ1) is 13.5. The third kappa shape index (κ3) is 2.85.